The third-order valence-corrected chi connectivity index (χ3v) is 2.59. The van der Waals surface area contributed by atoms with Crippen molar-refractivity contribution in [2.24, 2.45) is 0 Å². The van der Waals surface area contributed by atoms with Crippen LogP contribution in [0.2, 0.25) is 0 Å². The number of nitrogens with two attached hydrogens (primary N) is 1. The summed E-state index contributed by atoms with van der Waals surface area (Å²) in [6, 6.07) is 14.9. The van der Waals surface area contributed by atoms with Crippen molar-refractivity contribution in [3.8, 4) is 11.5 Å². The van der Waals surface area contributed by atoms with Crippen LogP contribution in [0.5, 0.6) is 11.5 Å². The van der Waals surface area contributed by atoms with Crippen molar-refractivity contribution in [2.75, 3.05) is 25.0 Å². The second kappa shape index (κ2) is 5.42. The largest absolute Gasteiger partial charge is 0.457 e. The molecule has 0 bridgehead atoms. The molecule has 0 heterocycles. The summed E-state index contributed by atoms with van der Waals surface area (Å²) in [5.74, 6) is 1.53. The molecular formula is C14H16N2O2. The first-order valence-electron chi connectivity index (χ1n) is 5.60. The van der Waals surface area contributed by atoms with E-state index in [1.54, 1.807) is 12.2 Å². The lowest BCUT2D eigenvalue weighted by Crippen LogP contribution is -2.14. The molecule has 0 atom stereocenters. The van der Waals surface area contributed by atoms with Gasteiger partial charge in [-0.2, -0.15) is 0 Å². The van der Waals surface area contributed by atoms with E-state index in [0.29, 0.717) is 0 Å². The first-order valence-corrected chi connectivity index (χ1v) is 5.60. The summed E-state index contributed by atoms with van der Waals surface area (Å²) in [5.41, 5.74) is 7.30. The molecule has 0 radical (unpaired) electrons. The van der Waals surface area contributed by atoms with Gasteiger partial charge in [0.1, 0.15) is 11.5 Å². The maximum absolute atomic E-state index is 5.69. The van der Waals surface area contributed by atoms with E-state index in [1.807, 2.05) is 55.6 Å². The Morgan fingerprint density at radius 3 is 1.89 bits per heavy atom. The molecular weight excluding hydrogens is 228 g/mol. The van der Waals surface area contributed by atoms with E-state index >= 15 is 0 Å². The van der Waals surface area contributed by atoms with E-state index < -0.39 is 0 Å². The quantitative estimate of drug-likeness (QED) is 0.663. The molecule has 2 aromatic carbocycles. The lowest BCUT2D eigenvalue weighted by Gasteiger charge is -2.16. The number of benzene rings is 2. The van der Waals surface area contributed by atoms with Crippen LogP contribution in [0.15, 0.2) is 48.5 Å². The maximum Gasteiger partial charge on any atom is 0.127 e. The number of hydroxylamine groups is 1. The Hall–Kier alpha value is -2.20. The average Bonchev–Trinajstić information content (AvgIpc) is 2.41. The molecule has 0 spiro atoms. The second-order valence-electron chi connectivity index (χ2n) is 3.85. The van der Waals surface area contributed by atoms with Gasteiger partial charge >= 0.3 is 0 Å². The van der Waals surface area contributed by atoms with Crippen LogP contribution in [0.1, 0.15) is 0 Å². The predicted octanol–water partition coefficient (Wildman–Crippen LogP) is 3.06. The zero-order chi connectivity index (χ0) is 13.0. The number of ether oxygens (including phenoxy) is 1. The van der Waals surface area contributed by atoms with Crippen molar-refractivity contribution in [2.45, 2.75) is 0 Å². The Morgan fingerprint density at radius 1 is 0.889 bits per heavy atom. The zero-order valence-electron chi connectivity index (χ0n) is 10.5. The topological polar surface area (TPSA) is 47.7 Å². The fourth-order valence-electron chi connectivity index (χ4n) is 1.50. The van der Waals surface area contributed by atoms with Crippen LogP contribution < -0.4 is 15.5 Å². The minimum absolute atomic E-state index is 0.722. The number of rotatable bonds is 4. The molecule has 0 aliphatic carbocycles. The molecule has 0 amide bonds. The summed E-state index contributed by atoms with van der Waals surface area (Å²) < 4.78 is 5.69. The van der Waals surface area contributed by atoms with Crippen molar-refractivity contribution in [1.29, 1.82) is 0 Å². The molecule has 0 aromatic heterocycles. The Labute approximate surface area is 106 Å². The van der Waals surface area contributed by atoms with Crippen molar-refractivity contribution >= 4 is 11.4 Å². The van der Waals surface area contributed by atoms with Crippen LogP contribution in [-0.2, 0) is 4.84 Å². The molecule has 0 fully saturated rings. The first kappa shape index (κ1) is 12.3. The van der Waals surface area contributed by atoms with E-state index in [9.17, 15) is 0 Å². The van der Waals surface area contributed by atoms with Gasteiger partial charge < -0.3 is 10.5 Å². The summed E-state index contributed by atoms with van der Waals surface area (Å²) in [5, 5.41) is 1.67. The standard InChI is InChI=1S/C14H16N2O2/c1-16(17-2)12-5-9-14(10-6-12)18-13-7-3-11(15)4-8-13/h3-10H,15H2,1-2H3. The summed E-state index contributed by atoms with van der Waals surface area (Å²) in [6.45, 7) is 0. The highest BCUT2D eigenvalue weighted by atomic mass is 16.7. The fourth-order valence-corrected chi connectivity index (χ4v) is 1.50. The van der Waals surface area contributed by atoms with Crippen molar-refractivity contribution < 1.29 is 9.57 Å². The zero-order valence-corrected chi connectivity index (χ0v) is 10.5. The van der Waals surface area contributed by atoms with Crippen molar-refractivity contribution in [3.63, 3.8) is 0 Å². The van der Waals surface area contributed by atoms with Crippen LogP contribution in [0.4, 0.5) is 11.4 Å². The minimum atomic E-state index is 0.722. The summed E-state index contributed by atoms with van der Waals surface area (Å²) in [4.78, 5) is 5.09. The first-order chi connectivity index (χ1) is 8.69. The van der Waals surface area contributed by atoms with Gasteiger partial charge in [0, 0.05) is 12.7 Å². The van der Waals surface area contributed by atoms with E-state index in [0.717, 1.165) is 22.9 Å². The average molecular weight is 244 g/mol. The van der Waals surface area contributed by atoms with Gasteiger partial charge in [-0.1, -0.05) is 0 Å². The summed E-state index contributed by atoms with van der Waals surface area (Å²) in [7, 11) is 3.47. The molecule has 2 aromatic rings. The number of nitrogen functional groups attached to an aromatic ring is 1. The smallest absolute Gasteiger partial charge is 0.127 e. The molecule has 94 valence electrons. The molecule has 18 heavy (non-hydrogen) atoms. The molecule has 0 unspecified atom stereocenters. The Kier molecular flexibility index (Phi) is 3.69. The summed E-state index contributed by atoms with van der Waals surface area (Å²) in [6.07, 6.45) is 0. The van der Waals surface area contributed by atoms with Crippen LogP contribution in [-0.4, -0.2) is 14.2 Å². The maximum atomic E-state index is 5.69. The molecule has 2 rings (SSSR count). The van der Waals surface area contributed by atoms with Gasteiger partial charge in [0.2, 0.25) is 0 Å². The van der Waals surface area contributed by atoms with E-state index in [4.69, 9.17) is 15.3 Å². The third kappa shape index (κ3) is 2.93. The van der Waals surface area contributed by atoms with Crippen LogP contribution in [0, 0.1) is 0 Å². The van der Waals surface area contributed by atoms with Gasteiger partial charge in [-0.15, -0.1) is 0 Å². The van der Waals surface area contributed by atoms with Gasteiger partial charge in [0.25, 0.3) is 0 Å². The molecule has 4 nitrogen and oxygen atoms in total. The number of anilines is 2. The van der Waals surface area contributed by atoms with Gasteiger partial charge in [-0.05, 0) is 48.5 Å². The van der Waals surface area contributed by atoms with Gasteiger partial charge in [-0.25, -0.2) is 0 Å². The van der Waals surface area contributed by atoms with Gasteiger partial charge in [0.15, 0.2) is 0 Å². The molecule has 0 aliphatic heterocycles. The molecule has 0 aliphatic rings. The molecule has 0 saturated heterocycles. The molecule has 2 N–H and O–H groups in total. The van der Waals surface area contributed by atoms with Crippen LogP contribution in [0.3, 0.4) is 0 Å². The fraction of sp³-hybridized carbons (Fsp3) is 0.143. The number of hydrogen-bond donors (Lipinski definition) is 1. The lowest BCUT2D eigenvalue weighted by molar-refractivity contribution is 0.185. The van der Waals surface area contributed by atoms with Gasteiger partial charge in [-0.3, -0.25) is 9.90 Å². The van der Waals surface area contributed by atoms with E-state index in [-0.39, 0.29) is 0 Å². The van der Waals surface area contributed by atoms with Crippen LogP contribution in [0.25, 0.3) is 0 Å². The normalized spacial score (nSPS) is 10.1. The Balaban J connectivity index is 2.08. The highest BCUT2D eigenvalue weighted by Gasteiger charge is 2.01. The minimum Gasteiger partial charge on any atom is -0.457 e. The monoisotopic (exact) mass is 244 g/mol. The summed E-state index contributed by atoms with van der Waals surface area (Å²) >= 11 is 0. The number of hydrogen-bond acceptors (Lipinski definition) is 4. The Morgan fingerprint density at radius 2 is 1.39 bits per heavy atom. The highest BCUT2D eigenvalue weighted by molar-refractivity contribution is 5.48. The highest BCUT2D eigenvalue weighted by Crippen LogP contribution is 2.24. The van der Waals surface area contributed by atoms with Crippen molar-refractivity contribution in [3.05, 3.63) is 48.5 Å². The van der Waals surface area contributed by atoms with Gasteiger partial charge in [0.05, 0.1) is 12.8 Å². The van der Waals surface area contributed by atoms with Crippen molar-refractivity contribution in [1.82, 2.24) is 0 Å². The lowest BCUT2D eigenvalue weighted by atomic mass is 10.3. The second-order valence-corrected chi connectivity index (χ2v) is 3.85. The van der Waals surface area contributed by atoms with E-state index in [2.05, 4.69) is 0 Å². The molecule has 4 heteroatoms. The van der Waals surface area contributed by atoms with Crippen LogP contribution >= 0.6 is 0 Å². The SMILES string of the molecule is CON(C)c1ccc(Oc2ccc(N)cc2)cc1. The van der Waals surface area contributed by atoms with E-state index in [1.165, 1.54) is 0 Å². The molecule has 0 saturated carbocycles. The Bertz CT molecular complexity index is 494. The number of nitrogens with zero attached hydrogens (tertiary/aromatic N) is 1. The third-order valence-electron chi connectivity index (χ3n) is 2.59. The predicted molar refractivity (Wildman–Crippen MR) is 72.8 cm³/mol.